The van der Waals surface area contributed by atoms with Crippen LogP contribution in [0.3, 0.4) is 0 Å². The van der Waals surface area contributed by atoms with Crippen LogP contribution in [0.1, 0.15) is 58.0 Å². The van der Waals surface area contributed by atoms with Gasteiger partial charge in [-0.25, -0.2) is 0 Å². The van der Waals surface area contributed by atoms with E-state index in [0.29, 0.717) is 5.92 Å². The third-order valence-corrected chi connectivity index (χ3v) is 6.52. The van der Waals surface area contributed by atoms with Gasteiger partial charge in [-0.15, -0.1) is 6.58 Å². The Morgan fingerprint density at radius 3 is 2.38 bits per heavy atom. The van der Waals surface area contributed by atoms with Crippen molar-refractivity contribution >= 4 is 0 Å². The summed E-state index contributed by atoms with van der Waals surface area (Å²) in [6, 6.07) is 13.0. The van der Waals surface area contributed by atoms with Crippen molar-refractivity contribution in [2.24, 2.45) is 18.4 Å². The summed E-state index contributed by atoms with van der Waals surface area (Å²) >= 11 is 0. The molecule has 1 heterocycles. The zero-order valence-electron chi connectivity index (χ0n) is 15.9. The molecule has 1 aliphatic rings. The van der Waals surface area contributed by atoms with Crippen LogP contribution in [-0.2, 0) is 17.9 Å². The van der Waals surface area contributed by atoms with Crippen LogP contribution in [0.25, 0.3) is 0 Å². The Morgan fingerprint density at radius 2 is 1.88 bits per heavy atom. The fourth-order valence-corrected chi connectivity index (χ4v) is 4.54. The molecule has 2 aromatic rings. The van der Waals surface area contributed by atoms with Gasteiger partial charge < -0.3 is 0 Å². The van der Waals surface area contributed by atoms with Gasteiger partial charge in [-0.05, 0) is 24.0 Å². The highest BCUT2D eigenvalue weighted by molar-refractivity contribution is 5.42. The molecule has 24 heavy (non-hydrogen) atoms. The van der Waals surface area contributed by atoms with Gasteiger partial charge in [0.2, 0.25) is 0 Å². The van der Waals surface area contributed by atoms with Crippen molar-refractivity contribution in [2.75, 3.05) is 0 Å². The van der Waals surface area contributed by atoms with E-state index < -0.39 is 0 Å². The van der Waals surface area contributed by atoms with E-state index in [4.69, 9.17) is 5.10 Å². The third kappa shape index (κ3) is 2.19. The number of nitrogens with zero attached hydrogens (tertiary/aromatic N) is 2. The maximum Gasteiger partial charge on any atom is 0.0727 e. The van der Waals surface area contributed by atoms with Crippen molar-refractivity contribution in [1.29, 1.82) is 0 Å². The predicted molar refractivity (Wildman–Crippen MR) is 101 cm³/mol. The van der Waals surface area contributed by atoms with E-state index in [2.05, 4.69) is 95.4 Å². The number of aryl methyl sites for hydroxylation is 1. The van der Waals surface area contributed by atoms with Crippen LogP contribution in [0.5, 0.6) is 0 Å². The predicted octanol–water partition coefficient (Wildman–Crippen LogP) is 5.24. The zero-order chi connectivity index (χ0) is 17.8. The van der Waals surface area contributed by atoms with E-state index in [-0.39, 0.29) is 16.2 Å². The standard InChI is InChI=1S/C22H30N2/c1-8-22(16(2)3)15-21(22,6)19-14-18(23-24(19)7)20(4,5)17-12-10-9-11-13-17/h8-14,16H,1,15H2,2-7H3. The fraction of sp³-hybridized carbons (Fsp3) is 0.500. The summed E-state index contributed by atoms with van der Waals surface area (Å²) in [6.07, 6.45) is 3.33. The van der Waals surface area contributed by atoms with Gasteiger partial charge in [0, 0.05) is 29.0 Å². The van der Waals surface area contributed by atoms with Gasteiger partial charge in [0.1, 0.15) is 0 Å². The molecule has 3 rings (SSSR count). The molecule has 0 aliphatic heterocycles. The Morgan fingerprint density at radius 1 is 1.25 bits per heavy atom. The van der Waals surface area contributed by atoms with Gasteiger partial charge in [-0.1, -0.05) is 71.0 Å². The molecular formula is C22H30N2. The molecule has 0 N–H and O–H groups in total. The summed E-state index contributed by atoms with van der Waals surface area (Å²) in [7, 11) is 2.08. The number of hydrogen-bond acceptors (Lipinski definition) is 1. The average molecular weight is 322 g/mol. The van der Waals surface area contributed by atoms with Crippen LogP contribution in [0.15, 0.2) is 49.1 Å². The molecule has 1 fully saturated rings. The van der Waals surface area contributed by atoms with E-state index >= 15 is 0 Å². The Hall–Kier alpha value is -1.83. The highest BCUT2D eigenvalue weighted by Crippen LogP contribution is 2.69. The van der Waals surface area contributed by atoms with Crippen molar-refractivity contribution in [3.8, 4) is 0 Å². The first-order valence-corrected chi connectivity index (χ1v) is 8.93. The van der Waals surface area contributed by atoms with Gasteiger partial charge in [-0.2, -0.15) is 5.10 Å². The number of aromatic nitrogens is 2. The summed E-state index contributed by atoms with van der Waals surface area (Å²) in [4.78, 5) is 0. The lowest BCUT2D eigenvalue weighted by molar-refractivity contribution is 0.380. The summed E-state index contributed by atoms with van der Waals surface area (Å²) in [5, 5.41) is 4.91. The molecule has 2 heteroatoms. The first-order valence-electron chi connectivity index (χ1n) is 8.93. The highest BCUT2D eigenvalue weighted by atomic mass is 15.3. The fourth-order valence-electron chi connectivity index (χ4n) is 4.54. The molecule has 2 atom stereocenters. The molecular weight excluding hydrogens is 292 g/mol. The van der Waals surface area contributed by atoms with Crippen molar-refractivity contribution in [3.05, 3.63) is 66.0 Å². The molecule has 0 bridgehead atoms. The second-order valence-corrected chi connectivity index (χ2v) is 8.44. The van der Waals surface area contributed by atoms with Gasteiger partial charge in [0.25, 0.3) is 0 Å². The quantitative estimate of drug-likeness (QED) is 0.689. The summed E-state index contributed by atoms with van der Waals surface area (Å²) < 4.78 is 2.09. The molecule has 0 spiro atoms. The SMILES string of the molecule is C=CC1(C(C)C)CC1(C)c1cc(C(C)(C)c2ccccc2)nn1C. The van der Waals surface area contributed by atoms with Gasteiger partial charge in [0.05, 0.1) is 5.69 Å². The normalized spacial score (nSPS) is 26.6. The van der Waals surface area contributed by atoms with Crippen LogP contribution in [-0.4, -0.2) is 9.78 Å². The van der Waals surface area contributed by atoms with Crippen LogP contribution in [0.4, 0.5) is 0 Å². The monoisotopic (exact) mass is 322 g/mol. The van der Waals surface area contributed by atoms with Gasteiger partial charge >= 0.3 is 0 Å². The Balaban J connectivity index is 2.03. The Labute approximate surface area is 146 Å². The molecule has 1 aliphatic carbocycles. The van der Waals surface area contributed by atoms with E-state index in [1.54, 1.807) is 0 Å². The topological polar surface area (TPSA) is 17.8 Å². The molecule has 2 unspecified atom stereocenters. The van der Waals surface area contributed by atoms with Crippen molar-refractivity contribution in [3.63, 3.8) is 0 Å². The van der Waals surface area contributed by atoms with Gasteiger partial charge in [-0.3, -0.25) is 4.68 Å². The van der Waals surface area contributed by atoms with Crippen molar-refractivity contribution in [2.45, 2.75) is 51.9 Å². The largest absolute Gasteiger partial charge is 0.272 e. The lowest BCUT2D eigenvalue weighted by Gasteiger charge is -2.24. The molecule has 0 saturated heterocycles. The summed E-state index contributed by atoms with van der Waals surface area (Å²) in [5.74, 6) is 0.584. The van der Waals surface area contributed by atoms with Crippen LogP contribution in [0, 0.1) is 11.3 Å². The molecule has 1 aromatic heterocycles. The number of allylic oxidation sites excluding steroid dienone is 1. The average Bonchev–Trinajstić information content (AvgIpc) is 2.99. The minimum Gasteiger partial charge on any atom is -0.272 e. The maximum atomic E-state index is 4.91. The molecule has 0 amide bonds. The molecule has 0 radical (unpaired) electrons. The number of hydrogen-bond donors (Lipinski definition) is 0. The minimum atomic E-state index is -0.100. The molecule has 128 valence electrons. The van der Waals surface area contributed by atoms with E-state index in [9.17, 15) is 0 Å². The number of rotatable bonds is 5. The number of benzene rings is 1. The van der Waals surface area contributed by atoms with Crippen LogP contribution < -0.4 is 0 Å². The maximum absolute atomic E-state index is 4.91. The first kappa shape index (κ1) is 17.0. The second-order valence-electron chi connectivity index (χ2n) is 8.44. The second kappa shape index (κ2) is 5.34. The Kier molecular flexibility index (Phi) is 3.78. The molecule has 1 aromatic carbocycles. The van der Waals surface area contributed by atoms with Gasteiger partial charge in [0.15, 0.2) is 0 Å². The summed E-state index contributed by atoms with van der Waals surface area (Å²) in [6.45, 7) is 15.6. The van der Waals surface area contributed by atoms with E-state index in [0.717, 1.165) is 12.1 Å². The third-order valence-electron chi connectivity index (χ3n) is 6.52. The van der Waals surface area contributed by atoms with Crippen molar-refractivity contribution in [1.82, 2.24) is 9.78 Å². The lowest BCUT2D eigenvalue weighted by atomic mass is 9.79. The minimum absolute atomic E-state index is 0.100. The summed E-state index contributed by atoms with van der Waals surface area (Å²) in [5.41, 5.74) is 3.99. The van der Waals surface area contributed by atoms with E-state index in [1.807, 2.05) is 0 Å². The van der Waals surface area contributed by atoms with Crippen molar-refractivity contribution < 1.29 is 0 Å². The Bertz CT molecular complexity index is 754. The molecule has 2 nitrogen and oxygen atoms in total. The van der Waals surface area contributed by atoms with Crippen LogP contribution in [0.2, 0.25) is 0 Å². The first-order chi connectivity index (χ1) is 11.2. The van der Waals surface area contributed by atoms with E-state index in [1.165, 1.54) is 11.3 Å². The molecule has 1 saturated carbocycles. The highest BCUT2D eigenvalue weighted by Gasteiger charge is 2.65. The smallest absolute Gasteiger partial charge is 0.0727 e. The zero-order valence-corrected chi connectivity index (χ0v) is 15.9. The van der Waals surface area contributed by atoms with Crippen LogP contribution >= 0.6 is 0 Å². The lowest BCUT2D eigenvalue weighted by Crippen LogP contribution is -2.21.